The highest BCUT2D eigenvalue weighted by atomic mass is 16.6. The lowest BCUT2D eigenvalue weighted by atomic mass is 9.98. The van der Waals surface area contributed by atoms with Gasteiger partial charge in [-0.15, -0.1) is 0 Å². The van der Waals surface area contributed by atoms with Crippen LogP contribution in [-0.2, 0) is 9.59 Å². The molecule has 0 heterocycles. The molecule has 0 saturated heterocycles. The molecular formula is C18H12N2O8. The number of hydrogen-bond acceptors (Lipinski definition) is 8. The van der Waals surface area contributed by atoms with Gasteiger partial charge in [0, 0.05) is 19.2 Å². The fourth-order valence-electron chi connectivity index (χ4n) is 3.00. The topological polar surface area (TPSA) is 139 Å². The van der Waals surface area contributed by atoms with Gasteiger partial charge < -0.3 is 9.47 Å². The second-order valence-electron chi connectivity index (χ2n) is 5.77. The summed E-state index contributed by atoms with van der Waals surface area (Å²) in [7, 11) is 0. The molecule has 0 aromatic heterocycles. The summed E-state index contributed by atoms with van der Waals surface area (Å²) >= 11 is 0. The maximum atomic E-state index is 11.8. The fraction of sp³-hybridized carbons (Fsp3) is 0.111. The van der Waals surface area contributed by atoms with Gasteiger partial charge in [0.1, 0.15) is 0 Å². The molecule has 3 aromatic rings. The van der Waals surface area contributed by atoms with Gasteiger partial charge in [-0.2, -0.15) is 0 Å². The van der Waals surface area contributed by atoms with Crippen LogP contribution in [0.15, 0.2) is 36.4 Å². The van der Waals surface area contributed by atoms with Gasteiger partial charge in [-0.25, -0.2) is 0 Å². The Morgan fingerprint density at radius 2 is 1.36 bits per heavy atom. The molecule has 28 heavy (non-hydrogen) atoms. The molecule has 0 bridgehead atoms. The van der Waals surface area contributed by atoms with E-state index in [1.807, 2.05) is 0 Å². The van der Waals surface area contributed by atoms with E-state index in [0.717, 1.165) is 13.8 Å². The number of esters is 2. The van der Waals surface area contributed by atoms with Crippen molar-refractivity contribution < 1.29 is 28.9 Å². The van der Waals surface area contributed by atoms with Crippen molar-refractivity contribution in [3.8, 4) is 11.5 Å². The Morgan fingerprint density at radius 3 is 1.93 bits per heavy atom. The number of nitro benzene ring substituents is 2. The summed E-state index contributed by atoms with van der Waals surface area (Å²) in [6, 6.07) is 9.57. The first-order valence-electron chi connectivity index (χ1n) is 7.89. The predicted molar refractivity (Wildman–Crippen MR) is 97.4 cm³/mol. The summed E-state index contributed by atoms with van der Waals surface area (Å²) < 4.78 is 9.98. The van der Waals surface area contributed by atoms with Crippen molar-refractivity contribution in [1.82, 2.24) is 0 Å². The summed E-state index contributed by atoms with van der Waals surface area (Å²) in [6.07, 6.45) is 0. The van der Waals surface area contributed by atoms with Crippen LogP contribution in [0.5, 0.6) is 11.5 Å². The third-order valence-electron chi connectivity index (χ3n) is 3.91. The van der Waals surface area contributed by atoms with Crippen molar-refractivity contribution in [2.45, 2.75) is 13.8 Å². The van der Waals surface area contributed by atoms with Gasteiger partial charge in [-0.05, 0) is 16.8 Å². The number of fused-ring (bicyclic) bond motifs is 3. The number of hydrogen-bond donors (Lipinski definition) is 0. The minimum Gasteiger partial charge on any atom is -0.422 e. The molecule has 0 aliphatic rings. The first kappa shape index (κ1) is 18.7. The average Bonchev–Trinajstić information content (AvgIpc) is 2.61. The lowest BCUT2D eigenvalue weighted by molar-refractivity contribution is -0.421. The lowest BCUT2D eigenvalue weighted by Crippen LogP contribution is -2.11. The number of nitro groups is 2. The molecule has 3 rings (SSSR count). The van der Waals surface area contributed by atoms with Crippen LogP contribution in [0, 0.1) is 20.2 Å². The monoisotopic (exact) mass is 384 g/mol. The Balaban J connectivity index is 2.67. The number of nitrogens with zero attached hydrogens (tertiary/aromatic N) is 2. The highest BCUT2D eigenvalue weighted by Gasteiger charge is 2.39. The van der Waals surface area contributed by atoms with Crippen LogP contribution in [0.3, 0.4) is 0 Å². The average molecular weight is 384 g/mol. The maximum absolute atomic E-state index is 11.8. The van der Waals surface area contributed by atoms with Crippen LogP contribution in [0.1, 0.15) is 13.8 Å². The van der Waals surface area contributed by atoms with Crippen LogP contribution in [0.2, 0.25) is 0 Å². The summed E-state index contributed by atoms with van der Waals surface area (Å²) in [6.45, 7) is 2.02. The first-order chi connectivity index (χ1) is 13.2. The molecule has 0 unspecified atom stereocenters. The SMILES string of the molecule is CC(=O)Oc1c([N+](=O)[O-])c([N+](=O)[O-])c2c(ccc3ccccc32)c1OC(C)=O. The molecule has 10 heteroatoms. The van der Waals surface area contributed by atoms with E-state index in [2.05, 4.69) is 0 Å². The largest absolute Gasteiger partial charge is 0.422 e. The van der Waals surface area contributed by atoms with Crippen LogP contribution < -0.4 is 9.47 Å². The highest BCUT2D eigenvalue weighted by Crippen LogP contribution is 2.52. The predicted octanol–water partition coefficient (Wildman–Crippen LogP) is 3.66. The molecular weight excluding hydrogens is 372 g/mol. The van der Waals surface area contributed by atoms with Gasteiger partial charge >= 0.3 is 23.3 Å². The molecule has 0 spiro atoms. The zero-order chi connectivity index (χ0) is 20.6. The maximum Gasteiger partial charge on any atom is 0.392 e. The van der Waals surface area contributed by atoms with Crippen molar-refractivity contribution in [2.24, 2.45) is 0 Å². The summed E-state index contributed by atoms with van der Waals surface area (Å²) in [5, 5.41) is 24.4. The van der Waals surface area contributed by atoms with Crippen molar-refractivity contribution >= 4 is 44.9 Å². The van der Waals surface area contributed by atoms with Crippen molar-refractivity contribution in [3.63, 3.8) is 0 Å². The van der Waals surface area contributed by atoms with Crippen LogP contribution >= 0.6 is 0 Å². The van der Waals surface area contributed by atoms with Crippen molar-refractivity contribution in [3.05, 3.63) is 56.6 Å². The minimum atomic E-state index is -1.07. The zero-order valence-electron chi connectivity index (χ0n) is 14.6. The third kappa shape index (κ3) is 3.07. The van der Waals surface area contributed by atoms with E-state index in [4.69, 9.17) is 9.47 Å². The lowest BCUT2D eigenvalue weighted by Gasteiger charge is -2.14. The Kier molecular flexibility index (Phi) is 4.62. The molecule has 3 aromatic carbocycles. The normalized spacial score (nSPS) is 10.6. The molecule has 0 aliphatic carbocycles. The second-order valence-corrected chi connectivity index (χ2v) is 5.77. The number of benzene rings is 3. The van der Waals surface area contributed by atoms with Crippen LogP contribution in [0.4, 0.5) is 11.4 Å². The van der Waals surface area contributed by atoms with Gasteiger partial charge in [-0.1, -0.05) is 30.3 Å². The minimum absolute atomic E-state index is 0.0300. The molecule has 0 radical (unpaired) electrons. The van der Waals surface area contributed by atoms with E-state index >= 15 is 0 Å². The van der Waals surface area contributed by atoms with Gasteiger partial charge in [-0.3, -0.25) is 29.8 Å². The second kappa shape index (κ2) is 6.91. The molecule has 0 atom stereocenters. The first-order valence-corrected chi connectivity index (χ1v) is 7.89. The van der Waals surface area contributed by atoms with E-state index in [9.17, 15) is 29.8 Å². The summed E-state index contributed by atoms with van der Waals surface area (Å²) in [5.41, 5.74) is -1.93. The van der Waals surface area contributed by atoms with Crippen LogP contribution in [0.25, 0.3) is 21.5 Å². The third-order valence-corrected chi connectivity index (χ3v) is 3.91. The summed E-state index contributed by atoms with van der Waals surface area (Å²) in [4.78, 5) is 44.7. The summed E-state index contributed by atoms with van der Waals surface area (Å²) in [5.74, 6) is -3.03. The van der Waals surface area contributed by atoms with E-state index in [1.54, 1.807) is 30.3 Å². The molecule has 0 saturated carbocycles. The molecule has 0 N–H and O–H groups in total. The Bertz CT molecular complexity index is 1190. The van der Waals surface area contributed by atoms with E-state index < -0.39 is 44.7 Å². The Labute approximate surface area is 156 Å². The number of carbonyl (C=O) groups is 2. The number of ether oxygens (including phenoxy) is 2. The Hall–Kier alpha value is -4.08. The van der Waals surface area contributed by atoms with Crippen LogP contribution in [-0.4, -0.2) is 21.8 Å². The zero-order valence-corrected chi connectivity index (χ0v) is 14.6. The molecule has 142 valence electrons. The molecule has 10 nitrogen and oxygen atoms in total. The van der Waals surface area contributed by atoms with E-state index in [-0.39, 0.29) is 10.8 Å². The Morgan fingerprint density at radius 1 is 0.786 bits per heavy atom. The quantitative estimate of drug-likeness (QED) is 0.218. The molecule has 0 fully saturated rings. The van der Waals surface area contributed by atoms with E-state index in [0.29, 0.717) is 10.8 Å². The molecule has 0 amide bonds. The van der Waals surface area contributed by atoms with Gasteiger partial charge in [0.2, 0.25) is 0 Å². The van der Waals surface area contributed by atoms with Crippen molar-refractivity contribution in [1.29, 1.82) is 0 Å². The van der Waals surface area contributed by atoms with Crippen molar-refractivity contribution in [2.75, 3.05) is 0 Å². The smallest absolute Gasteiger partial charge is 0.392 e. The highest BCUT2D eigenvalue weighted by molar-refractivity contribution is 6.17. The standard InChI is InChI=1S/C18H12N2O8/c1-9(21)27-17-13-8-7-11-5-3-4-6-12(11)14(13)15(19(23)24)16(20(25)26)18(17)28-10(2)22/h3-8H,1-2H3. The van der Waals surface area contributed by atoms with Gasteiger partial charge in [0.15, 0.2) is 5.75 Å². The van der Waals surface area contributed by atoms with E-state index in [1.165, 1.54) is 6.07 Å². The number of rotatable bonds is 4. The molecule has 0 aliphatic heterocycles. The van der Waals surface area contributed by atoms with Gasteiger partial charge in [0.05, 0.1) is 15.2 Å². The van der Waals surface area contributed by atoms with Gasteiger partial charge in [0.25, 0.3) is 5.75 Å². The fourth-order valence-corrected chi connectivity index (χ4v) is 3.00. The number of carbonyl (C=O) groups excluding carboxylic acids is 2.